The van der Waals surface area contributed by atoms with E-state index in [1.807, 2.05) is 19.9 Å². The summed E-state index contributed by atoms with van der Waals surface area (Å²) in [5.74, 6) is 0.306. The first-order valence-electron chi connectivity index (χ1n) is 9.21. The quantitative estimate of drug-likeness (QED) is 0.503. The van der Waals surface area contributed by atoms with Gasteiger partial charge < -0.3 is 9.30 Å². The van der Waals surface area contributed by atoms with Crippen molar-refractivity contribution in [1.29, 1.82) is 0 Å². The fraction of sp³-hybridized carbons (Fsp3) is 0.474. The molecule has 2 aromatic rings. The standard InChI is InChI=1S/C19H25N3O4S2/c1-4-22-14(2)11-17(15(22)3)18(23)13-27-19-6-5-16(12-20-19)28(24,25)21-7-9-26-10-8-21/h5-6,11-12H,4,7-10,13H2,1-3H3. The van der Waals surface area contributed by atoms with Crippen molar-refractivity contribution in [2.45, 2.75) is 37.2 Å². The van der Waals surface area contributed by atoms with E-state index in [4.69, 9.17) is 4.74 Å². The van der Waals surface area contributed by atoms with E-state index >= 15 is 0 Å². The number of hydrogen-bond acceptors (Lipinski definition) is 6. The van der Waals surface area contributed by atoms with Gasteiger partial charge in [-0.3, -0.25) is 4.79 Å². The monoisotopic (exact) mass is 423 g/mol. The van der Waals surface area contributed by atoms with Crippen LogP contribution in [0.25, 0.3) is 0 Å². The van der Waals surface area contributed by atoms with Crippen LogP contribution < -0.4 is 0 Å². The van der Waals surface area contributed by atoms with Gasteiger partial charge in [0, 0.05) is 42.8 Å². The minimum atomic E-state index is -3.55. The fourth-order valence-electron chi connectivity index (χ4n) is 3.33. The number of hydrogen-bond donors (Lipinski definition) is 0. The van der Waals surface area contributed by atoms with Crippen molar-refractivity contribution in [2.24, 2.45) is 0 Å². The van der Waals surface area contributed by atoms with Crippen LogP contribution in [0, 0.1) is 13.8 Å². The van der Waals surface area contributed by atoms with E-state index in [2.05, 4.69) is 16.5 Å². The predicted molar refractivity (Wildman–Crippen MR) is 108 cm³/mol. The zero-order valence-corrected chi connectivity index (χ0v) is 18.0. The van der Waals surface area contributed by atoms with Crippen LogP contribution in [0.5, 0.6) is 0 Å². The normalized spacial score (nSPS) is 15.7. The Morgan fingerprint density at radius 2 is 1.96 bits per heavy atom. The molecule has 0 spiro atoms. The highest BCUT2D eigenvalue weighted by Crippen LogP contribution is 2.23. The Balaban J connectivity index is 1.65. The number of sulfonamides is 1. The van der Waals surface area contributed by atoms with Gasteiger partial charge in [-0.1, -0.05) is 11.8 Å². The molecule has 0 saturated carbocycles. The van der Waals surface area contributed by atoms with E-state index in [9.17, 15) is 13.2 Å². The number of morpholine rings is 1. The van der Waals surface area contributed by atoms with Crippen LogP contribution in [0.4, 0.5) is 0 Å². The maximum absolute atomic E-state index is 12.6. The van der Waals surface area contributed by atoms with E-state index in [1.54, 1.807) is 12.1 Å². The van der Waals surface area contributed by atoms with Gasteiger partial charge in [-0.15, -0.1) is 0 Å². The average molecular weight is 424 g/mol. The Morgan fingerprint density at radius 3 is 2.54 bits per heavy atom. The van der Waals surface area contributed by atoms with Crippen molar-refractivity contribution in [3.05, 3.63) is 41.3 Å². The molecule has 0 unspecified atom stereocenters. The summed E-state index contributed by atoms with van der Waals surface area (Å²) in [5.41, 5.74) is 2.79. The van der Waals surface area contributed by atoms with Crippen LogP contribution in [0.1, 0.15) is 28.7 Å². The SMILES string of the molecule is CCn1c(C)cc(C(=O)CSc2ccc(S(=O)(=O)N3CCOCC3)cn2)c1C. The third-order valence-corrected chi connectivity index (χ3v) is 7.68. The molecule has 0 amide bonds. The van der Waals surface area contributed by atoms with Crippen molar-refractivity contribution in [1.82, 2.24) is 13.9 Å². The first kappa shape index (κ1) is 21.0. The molecule has 1 saturated heterocycles. The second-order valence-corrected chi connectivity index (χ2v) is 9.52. The van der Waals surface area contributed by atoms with Crippen LogP contribution in [0.3, 0.4) is 0 Å². The maximum Gasteiger partial charge on any atom is 0.244 e. The molecular weight excluding hydrogens is 398 g/mol. The number of ketones is 1. The molecule has 1 aliphatic rings. The molecule has 1 fully saturated rings. The number of Topliss-reactive ketones (excluding diaryl/α,β-unsaturated/α-hetero) is 1. The third-order valence-electron chi connectivity index (χ3n) is 4.86. The second-order valence-electron chi connectivity index (χ2n) is 6.59. The van der Waals surface area contributed by atoms with Gasteiger partial charge >= 0.3 is 0 Å². The van der Waals surface area contributed by atoms with Crippen LogP contribution in [0.15, 0.2) is 34.3 Å². The molecule has 28 heavy (non-hydrogen) atoms. The van der Waals surface area contributed by atoms with E-state index in [1.165, 1.54) is 22.3 Å². The van der Waals surface area contributed by atoms with Crippen LogP contribution in [-0.2, 0) is 21.3 Å². The number of pyridine rings is 1. The zero-order chi connectivity index (χ0) is 20.3. The molecule has 7 nitrogen and oxygen atoms in total. The molecular formula is C19H25N3O4S2. The number of carbonyl (C=O) groups is 1. The summed E-state index contributed by atoms with van der Waals surface area (Å²) < 4.78 is 34.0. The summed E-state index contributed by atoms with van der Waals surface area (Å²) >= 11 is 1.31. The van der Waals surface area contributed by atoms with Gasteiger partial charge in [-0.2, -0.15) is 4.31 Å². The van der Waals surface area contributed by atoms with Crippen molar-refractivity contribution in [3.63, 3.8) is 0 Å². The van der Waals surface area contributed by atoms with Gasteiger partial charge in [0.15, 0.2) is 5.78 Å². The Hall–Kier alpha value is -1.68. The Labute approximate surface area is 170 Å². The topological polar surface area (TPSA) is 81.5 Å². The van der Waals surface area contributed by atoms with Crippen LogP contribution in [0.2, 0.25) is 0 Å². The molecule has 9 heteroatoms. The summed E-state index contributed by atoms with van der Waals surface area (Å²) in [6.07, 6.45) is 1.36. The number of ether oxygens (including phenoxy) is 1. The molecule has 0 aromatic carbocycles. The molecule has 152 valence electrons. The van der Waals surface area contributed by atoms with Crippen molar-refractivity contribution >= 4 is 27.6 Å². The summed E-state index contributed by atoms with van der Waals surface area (Å²) in [6, 6.07) is 5.13. The number of nitrogens with zero attached hydrogens (tertiary/aromatic N) is 3. The van der Waals surface area contributed by atoms with Gasteiger partial charge in [-0.25, -0.2) is 13.4 Å². The molecule has 0 atom stereocenters. The lowest BCUT2D eigenvalue weighted by Crippen LogP contribution is -2.40. The number of rotatable bonds is 7. The van der Waals surface area contributed by atoms with Gasteiger partial charge in [0.05, 0.1) is 24.0 Å². The Morgan fingerprint density at radius 1 is 1.25 bits per heavy atom. The van der Waals surface area contributed by atoms with Crippen molar-refractivity contribution in [2.75, 3.05) is 32.1 Å². The molecule has 0 N–H and O–H groups in total. The minimum Gasteiger partial charge on any atom is -0.379 e. The molecule has 3 heterocycles. The van der Waals surface area contributed by atoms with Crippen LogP contribution in [-0.4, -0.2) is 60.1 Å². The molecule has 2 aromatic heterocycles. The summed E-state index contributed by atoms with van der Waals surface area (Å²) in [7, 11) is -3.55. The van der Waals surface area contributed by atoms with Crippen LogP contribution >= 0.6 is 11.8 Å². The molecule has 3 rings (SSSR count). The first-order chi connectivity index (χ1) is 13.3. The lowest BCUT2D eigenvalue weighted by molar-refractivity contribution is 0.0730. The van der Waals surface area contributed by atoms with Crippen molar-refractivity contribution in [3.8, 4) is 0 Å². The molecule has 0 aliphatic carbocycles. The van der Waals surface area contributed by atoms with E-state index in [-0.39, 0.29) is 16.4 Å². The fourth-order valence-corrected chi connectivity index (χ4v) is 5.41. The number of thioether (sulfide) groups is 1. The molecule has 1 aliphatic heterocycles. The van der Waals surface area contributed by atoms with Gasteiger partial charge in [-0.05, 0) is 39.0 Å². The minimum absolute atomic E-state index is 0.0459. The number of carbonyl (C=O) groups excluding carboxylic acids is 1. The molecule has 0 radical (unpaired) electrons. The van der Waals surface area contributed by atoms with Crippen molar-refractivity contribution < 1.29 is 17.9 Å². The summed E-state index contributed by atoms with van der Waals surface area (Å²) in [6.45, 7) is 8.35. The molecule has 0 bridgehead atoms. The Kier molecular flexibility index (Phi) is 6.59. The highest BCUT2D eigenvalue weighted by molar-refractivity contribution is 7.99. The lowest BCUT2D eigenvalue weighted by atomic mass is 10.2. The predicted octanol–water partition coefficient (Wildman–Crippen LogP) is 2.52. The third kappa shape index (κ3) is 4.32. The zero-order valence-electron chi connectivity index (χ0n) is 16.3. The van der Waals surface area contributed by atoms with E-state index in [0.717, 1.165) is 23.5 Å². The largest absolute Gasteiger partial charge is 0.379 e. The summed E-state index contributed by atoms with van der Waals surface area (Å²) in [4.78, 5) is 17.0. The van der Waals surface area contributed by atoms with E-state index in [0.29, 0.717) is 31.3 Å². The first-order valence-corrected chi connectivity index (χ1v) is 11.6. The van der Waals surface area contributed by atoms with E-state index < -0.39 is 10.0 Å². The lowest BCUT2D eigenvalue weighted by Gasteiger charge is -2.25. The summed E-state index contributed by atoms with van der Waals surface area (Å²) in [5, 5.41) is 0.624. The van der Waals surface area contributed by atoms with Gasteiger partial charge in [0.25, 0.3) is 0 Å². The van der Waals surface area contributed by atoms with Gasteiger partial charge in [0.1, 0.15) is 4.90 Å². The van der Waals surface area contributed by atoms with Gasteiger partial charge in [0.2, 0.25) is 10.0 Å². The number of aromatic nitrogens is 2. The highest BCUT2D eigenvalue weighted by atomic mass is 32.2. The maximum atomic E-state index is 12.6. The average Bonchev–Trinajstić information content (AvgIpc) is 3.00. The smallest absolute Gasteiger partial charge is 0.244 e. The Bertz CT molecular complexity index is 946. The highest BCUT2D eigenvalue weighted by Gasteiger charge is 2.26. The number of aryl methyl sites for hydroxylation is 1. The second kappa shape index (κ2) is 8.77.